The van der Waals surface area contributed by atoms with Crippen LogP contribution in [0.5, 0.6) is 0 Å². The fourth-order valence-electron chi connectivity index (χ4n) is 3.85. The lowest BCUT2D eigenvalue weighted by atomic mass is 9.69. The van der Waals surface area contributed by atoms with E-state index < -0.39 is 0 Å². The molecule has 4 rings (SSSR count). The summed E-state index contributed by atoms with van der Waals surface area (Å²) < 4.78 is 5.44. The number of thiophene rings is 1. The zero-order chi connectivity index (χ0) is 16.9. The number of hydrogen-bond acceptors (Lipinski definition) is 4. The first-order chi connectivity index (χ1) is 11.5. The highest BCUT2D eigenvalue weighted by molar-refractivity contribution is 7.16. The molecule has 0 radical (unpaired) electrons. The minimum absolute atomic E-state index is 0.0239. The molecule has 0 bridgehead atoms. The van der Waals surface area contributed by atoms with Gasteiger partial charge in [0.2, 0.25) is 0 Å². The number of fused-ring (bicyclic) bond motifs is 3. The number of hydrogen-bond donors (Lipinski definition) is 2. The van der Waals surface area contributed by atoms with Crippen LogP contribution in [0.4, 0.5) is 5.00 Å². The summed E-state index contributed by atoms with van der Waals surface area (Å²) in [5, 5.41) is 7.47. The second-order valence-corrected chi connectivity index (χ2v) is 8.66. The maximum absolute atomic E-state index is 12.7. The van der Waals surface area contributed by atoms with Gasteiger partial charge in [0.05, 0.1) is 11.8 Å². The maximum Gasteiger partial charge on any atom is 0.256 e. The van der Waals surface area contributed by atoms with Crippen LogP contribution in [-0.4, -0.2) is 5.91 Å². The van der Waals surface area contributed by atoms with Gasteiger partial charge in [0.1, 0.15) is 10.8 Å². The van der Waals surface area contributed by atoms with Crippen LogP contribution >= 0.6 is 11.3 Å². The van der Waals surface area contributed by atoms with Crippen molar-refractivity contribution >= 4 is 22.2 Å². The summed E-state index contributed by atoms with van der Waals surface area (Å²) in [6.45, 7) is 7.01. The summed E-state index contributed by atoms with van der Waals surface area (Å²) in [6.07, 6.45) is 5.83. The van der Waals surface area contributed by atoms with Crippen molar-refractivity contribution in [3.63, 3.8) is 0 Å². The van der Waals surface area contributed by atoms with Crippen molar-refractivity contribution in [3.05, 3.63) is 40.2 Å². The lowest BCUT2D eigenvalue weighted by Crippen LogP contribution is -2.38. The molecular weight excluding hydrogens is 320 g/mol. The van der Waals surface area contributed by atoms with E-state index in [-0.39, 0.29) is 12.1 Å². The van der Waals surface area contributed by atoms with E-state index in [0.717, 1.165) is 29.2 Å². The molecule has 4 nitrogen and oxygen atoms in total. The first-order valence-corrected chi connectivity index (χ1v) is 9.56. The van der Waals surface area contributed by atoms with Crippen LogP contribution < -0.4 is 10.6 Å². The van der Waals surface area contributed by atoms with Gasteiger partial charge in [-0.1, -0.05) is 27.2 Å². The van der Waals surface area contributed by atoms with Crippen LogP contribution in [0.1, 0.15) is 66.3 Å². The average molecular weight is 344 g/mol. The molecule has 0 saturated heterocycles. The van der Waals surface area contributed by atoms with E-state index in [1.165, 1.54) is 23.3 Å². The summed E-state index contributed by atoms with van der Waals surface area (Å²) >= 11 is 1.76. The van der Waals surface area contributed by atoms with Crippen LogP contribution in [-0.2, 0) is 12.8 Å². The Labute approximate surface area is 146 Å². The van der Waals surface area contributed by atoms with Gasteiger partial charge in [-0.25, -0.2) is 0 Å². The lowest BCUT2D eigenvalue weighted by molar-refractivity contribution is 0.0930. The summed E-state index contributed by atoms with van der Waals surface area (Å²) in [5.41, 5.74) is 2.49. The molecular formula is C19H24N2O2S. The average Bonchev–Trinajstić information content (AvgIpc) is 3.21. The Hall–Kier alpha value is -1.75. The molecule has 0 spiro atoms. The third-order valence-electron chi connectivity index (χ3n) is 5.89. The number of furan rings is 1. The molecule has 128 valence electrons. The standard InChI is InChI=1S/C19H24N2O2S/c1-4-19(2,3)11-7-8-12-14(10-11)24-18-15(12)17(22)20-16(21-18)13-6-5-9-23-13/h5-6,9,11,16,21H,4,7-8,10H2,1-3H3,(H,20,22)/t11-,16-/m1/s1. The Morgan fingerprint density at radius 2 is 2.21 bits per heavy atom. The van der Waals surface area contributed by atoms with Gasteiger partial charge >= 0.3 is 0 Å². The predicted molar refractivity (Wildman–Crippen MR) is 96.4 cm³/mol. The van der Waals surface area contributed by atoms with Crippen molar-refractivity contribution in [1.29, 1.82) is 0 Å². The van der Waals surface area contributed by atoms with E-state index in [9.17, 15) is 4.79 Å². The van der Waals surface area contributed by atoms with Gasteiger partial charge in [0.25, 0.3) is 5.91 Å². The van der Waals surface area contributed by atoms with Gasteiger partial charge in [-0.05, 0) is 48.3 Å². The molecule has 3 heterocycles. The molecule has 2 aromatic heterocycles. The molecule has 5 heteroatoms. The van der Waals surface area contributed by atoms with E-state index in [0.29, 0.717) is 11.3 Å². The number of nitrogens with one attached hydrogen (secondary N) is 2. The number of amides is 1. The first-order valence-electron chi connectivity index (χ1n) is 8.75. The summed E-state index contributed by atoms with van der Waals surface area (Å²) in [7, 11) is 0. The van der Waals surface area contributed by atoms with Crippen molar-refractivity contribution in [1.82, 2.24) is 5.32 Å². The van der Waals surface area contributed by atoms with Crippen molar-refractivity contribution in [2.75, 3.05) is 5.32 Å². The minimum Gasteiger partial charge on any atom is -0.465 e. The quantitative estimate of drug-likeness (QED) is 0.846. The maximum atomic E-state index is 12.7. The van der Waals surface area contributed by atoms with Crippen molar-refractivity contribution < 1.29 is 9.21 Å². The van der Waals surface area contributed by atoms with Crippen LogP contribution in [0, 0.1) is 11.3 Å². The molecule has 1 aliphatic carbocycles. The van der Waals surface area contributed by atoms with Gasteiger partial charge in [0.15, 0.2) is 6.17 Å². The predicted octanol–water partition coefficient (Wildman–Crippen LogP) is 4.74. The van der Waals surface area contributed by atoms with Crippen LogP contribution in [0.25, 0.3) is 0 Å². The second kappa shape index (κ2) is 5.66. The van der Waals surface area contributed by atoms with E-state index in [2.05, 4.69) is 31.4 Å². The third kappa shape index (κ3) is 2.46. The minimum atomic E-state index is -0.275. The molecule has 0 unspecified atom stereocenters. The highest BCUT2D eigenvalue weighted by atomic mass is 32.1. The Balaban J connectivity index is 1.64. The number of rotatable bonds is 3. The number of anilines is 1. The van der Waals surface area contributed by atoms with Crippen LogP contribution in [0.2, 0.25) is 0 Å². The number of carbonyl (C=O) groups is 1. The fourth-order valence-corrected chi connectivity index (χ4v) is 5.20. The van der Waals surface area contributed by atoms with E-state index in [1.807, 2.05) is 12.1 Å². The molecule has 2 N–H and O–H groups in total. The Bertz CT molecular complexity index is 761. The highest BCUT2D eigenvalue weighted by Crippen LogP contribution is 2.46. The summed E-state index contributed by atoms with van der Waals surface area (Å²) in [6, 6.07) is 3.73. The first kappa shape index (κ1) is 15.8. The van der Waals surface area contributed by atoms with E-state index >= 15 is 0 Å². The van der Waals surface area contributed by atoms with Crippen LogP contribution in [0.3, 0.4) is 0 Å². The van der Waals surface area contributed by atoms with Gasteiger partial charge in [0, 0.05) is 4.88 Å². The Morgan fingerprint density at radius 1 is 1.38 bits per heavy atom. The summed E-state index contributed by atoms with van der Waals surface area (Å²) in [4.78, 5) is 14.1. The normalized spacial score (nSPS) is 23.2. The topological polar surface area (TPSA) is 54.3 Å². The van der Waals surface area contributed by atoms with E-state index in [1.54, 1.807) is 17.6 Å². The second-order valence-electron chi connectivity index (χ2n) is 7.56. The van der Waals surface area contributed by atoms with Crippen LogP contribution in [0.15, 0.2) is 22.8 Å². The molecule has 2 aliphatic rings. The van der Waals surface area contributed by atoms with Gasteiger partial charge < -0.3 is 15.1 Å². The zero-order valence-corrected chi connectivity index (χ0v) is 15.3. The van der Waals surface area contributed by atoms with Gasteiger partial charge in [-0.2, -0.15) is 0 Å². The Morgan fingerprint density at radius 3 is 2.92 bits per heavy atom. The fraction of sp³-hybridized carbons (Fsp3) is 0.526. The Kier molecular flexibility index (Phi) is 3.71. The molecule has 1 aliphatic heterocycles. The molecule has 0 fully saturated rings. The zero-order valence-electron chi connectivity index (χ0n) is 14.4. The summed E-state index contributed by atoms with van der Waals surface area (Å²) in [5.74, 6) is 1.46. The number of carbonyl (C=O) groups excluding carboxylic acids is 1. The van der Waals surface area contributed by atoms with E-state index in [4.69, 9.17) is 4.42 Å². The van der Waals surface area contributed by atoms with Gasteiger partial charge in [-0.15, -0.1) is 11.3 Å². The lowest BCUT2D eigenvalue weighted by Gasteiger charge is -2.36. The smallest absolute Gasteiger partial charge is 0.256 e. The molecule has 0 aromatic carbocycles. The molecule has 2 atom stereocenters. The SMILES string of the molecule is CCC(C)(C)[C@@H]1CCc2c(sc3c2C(=O)N[C@@H](c2ccco2)N3)C1. The molecule has 1 amide bonds. The third-order valence-corrected chi connectivity index (χ3v) is 7.07. The molecule has 24 heavy (non-hydrogen) atoms. The van der Waals surface area contributed by atoms with Crippen molar-refractivity contribution in [2.24, 2.45) is 11.3 Å². The molecule has 0 saturated carbocycles. The largest absolute Gasteiger partial charge is 0.465 e. The van der Waals surface area contributed by atoms with Crippen molar-refractivity contribution in [2.45, 2.75) is 52.6 Å². The highest BCUT2D eigenvalue weighted by Gasteiger charge is 2.37. The molecule has 2 aromatic rings. The monoisotopic (exact) mass is 344 g/mol. The van der Waals surface area contributed by atoms with Crippen molar-refractivity contribution in [3.8, 4) is 0 Å². The van der Waals surface area contributed by atoms with Gasteiger partial charge in [-0.3, -0.25) is 4.79 Å².